The van der Waals surface area contributed by atoms with E-state index in [4.69, 9.17) is 26.4 Å². The van der Waals surface area contributed by atoms with Crippen molar-refractivity contribution in [3.8, 4) is 35.0 Å². The number of likely N-dealkylation sites (tertiary alicyclic amines) is 1. The van der Waals surface area contributed by atoms with Gasteiger partial charge in [-0.15, -0.1) is 19.6 Å². The molecule has 1 heterocycles. The molecule has 324 valence electrons. The molecular weight excluding hydrogens is 764 g/mol. The van der Waals surface area contributed by atoms with E-state index in [0.717, 1.165) is 109 Å². The fraction of sp³-hybridized carbons (Fsp3) is 0.440. The van der Waals surface area contributed by atoms with Gasteiger partial charge in [-0.05, 0) is 135 Å². The van der Waals surface area contributed by atoms with Crippen molar-refractivity contribution >= 4 is 0 Å². The average Bonchev–Trinajstić information content (AvgIpc) is 4.06. The summed E-state index contributed by atoms with van der Waals surface area (Å²) in [6, 6.07) is 12.8. The van der Waals surface area contributed by atoms with Gasteiger partial charge in [-0.25, -0.2) is 0 Å². The van der Waals surface area contributed by atoms with Crippen LogP contribution >= 0.6 is 0 Å². The Bertz CT molecular complexity index is 1990. The molecule has 2 aromatic carbocycles. The Balaban J connectivity index is 1.56. The van der Waals surface area contributed by atoms with Crippen molar-refractivity contribution in [2.45, 2.75) is 91.1 Å². The van der Waals surface area contributed by atoms with Crippen molar-refractivity contribution in [3.05, 3.63) is 131 Å². The molecule has 2 N–H and O–H groups in total. The first kappa shape index (κ1) is 47.6. The number of hydrogen-bond acceptors (Lipinski definition) is 7. The fourth-order valence-electron chi connectivity index (χ4n) is 7.82. The first-order valence-electron chi connectivity index (χ1n) is 20.8. The SMILES string of the molecule is C#C/C=C(\C=C/CN(Cc1cccc(-c2cc(OC)c(OC)c(C3CC3)c2)c1)C1CCN(C/C(C)=C/C(=C\N)C(/C=C(/OC)C(=C)C)=C/C(C)CCC)CC1)OC(F)(F)F. The Morgan fingerprint density at radius 3 is 2.35 bits per heavy atom. The predicted octanol–water partition coefficient (Wildman–Crippen LogP) is 11.4. The molecule has 1 atom stereocenters. The second-order valence-corrected chi connectivity index (χ2v) is 15.9. The van der Waals surface area contributed by atoms with Gasteiger partial charge in [0.05, 0.1) is 21.3 Å². The van der Waals surface area contributed by atoms with E-state index < -0.39 is 12.1 Å². The van der Waals surface area contributed by atoms with Crippen LogP contribution in [0, 0.1) is 18.3 Å². The van der Waals surface area contributed by atoms with Gasteiger partial charge in [-0.2, -0.15) is 0 Å². The van der Waals surface area contributed by atoms with Gasteiger partial charge >= 0.3 is 6.36 Å². The van der Waals surface area contributed by atoms with Crippen molar-refractivity contribution in [2.24, 2.45) is 11.7 Å². The summed E-state index contributed by atoms with van der Waals surface area (Å²) < 4.78 is 60.7. The molecule has 1 aliphatic carbocycles. The maximum atomic E-state index is 13.1. The summed E-state index contributed by atoms with van der Waals surface area (Å²) in [5.74, 6) is 4.74. The van der Waals surface area contributed by atoms with Gasteiger partial charge < -0.3 is 24.7 Å². The third kappa shape index (κ3) is 14.6. The zero-order valence-corrected chi connectivity index (χ0v) is 36.5. The molecule has 1 aliphatic heterocycles. The summed E-state index contributed by atoms with van der Waals surface area (Å²) >= 11 is 0. The number of halogens is 3. The minimum Gasteiger partial charge on any atom is -0.496 e. The molecule has 0 spiro atoms. The minimum absolute atomic E-state index is 0.179. The number of benzene rings is 2. The summed E-state index contributed by atoms with van der Waals surface area (Å²) in [6.07, 6.45) is 18.7. The molecule has 10 heteroatoms. The lowest BCUT2D eigenvalue weighted by Crippen LogP contribution is -2.45. The lowest BCUT2D eigenvalue weighted by molar-refractivity contribution is -0.303. The van der Waals surface area contributed by atoms with Crippen molar-refractivity contribution in [1.29, 1.82) is 0 Å². The highest BCUT2D eigenvalue weighted by Gasteiger charge is 2.32. The van der Waals surface area contributed by atoms with E-state index in [9.17, 15) is 13.2 Å². The quantitative estimate of drug-likeness (QED) is 0.0763. The molecule has 2 fully saturated rings. The highest BCUT2D eigenvalue weighted by Crippen LogP contribution is 2.49. The maximum Gasteiger partial charge on any atom is 0.573 e. The van der Waals surface area contributed by atoms with E-state index in [-0.39, 0.29) is 6.04 Å². The van der Waals surface area contributed by atoms with E-state index in [1.54, 1.807) is 33.6 Å². The average molecular weight is 828 g/mol. The number of nitrogens with two attached hydrogens (primary N) is 1. The number of nitrogens with zero attached hydrogens (tertiary/aromatic N) is 2. The van der Waals surface area contributed by atoms with Crippen molar-refractivity contribution in [2.75, 3.05) is 47.5 Å². The Hall–Kier alpha value is -5.11. The second kappa shape index (κ2) is 23.0. The number of hydrogen-bond donors (Lipinski definition) is 1. The minimum atomic E-state index is -4.85. The van der Waals surface area contributed by atoms with E-state index in [0.29, 0.717) is 36.4 Å². The van der Waals surface area contributed by atoms with E-state index in [1.165, 1.54) is 11.6 Å². The van der Waals surface area contributed by atoms with Gasteiger partial charge in [0, 0.05) is 43.5 Å². The number of terminal acetylenes is 1. The summed E-state index contributed by atoms with van der Waals surface area (Å²) in [4.78, 5) is 4.77. The van der Waals surface area contributed by atoms with Crippen molar-refractivity contribution < 1.29 is 32.1 Å². The smallest absolute Gasteiger partial charge is 0.496 e. The number of alkyl halides is 3. The molecule has 1 unspecified atom stereocenters. The van der Waals surface area contributed by atoms with Crippen LogP contribution in [0.2, 0.25) is 0 Å². The Morgan fingerprint density at radius 2 is 1.77 bits per heavy atom. The van der Waals surface area contributed by atoms with Gasteiger partial charge in [0.1, 0.15) is 11.5 Å². The van der Waals surface area contributed by atoms with Crippen molar-refractivity contribution in [3.63, 3.8) is 0 Å². The lowest BCUT2D eigenvalue weighted by Gasteiger charge is -2.38. The maximum absolute atomic E-state index is 13.1. The van der Waals surface area contributed by atoms with Crippen LogP contribution in [0.25, 0.3) is 11.1 Å². The molecule has 2 aliphatic rings. The molecule has 0 aromatic heterocycles. The van der Waals surface area contributed by atoms with Gasteiger partial charge in [-0.3, -0.25) is 9.80 Å². The van der Waals surface area contributed by atoms with Crippen LogP contribution in [-0.4, -0.2) is 69.7 Å². The zero-order chi connectivity index (χ0) is 43.8. The number of rotatable bonds is 21. The van der Waals surface area contributed by atoms with Crippen LogP contribution < -0.4 is 15.2 Å². The Morgan fingerprint density at radius 1 is 1.03 bits per heavy atom. The van der Waals surface area contributed by atoms with Gasteiger partial charge in [-0.1, -0.05) is 74.8 Å². The van der Waals surface area contributed by atoms with E-state index in [2.05, 4.69) is 84.2 Å². The highest BCUT2D eigenvalue weighted by atomic mass is 19.4. The van der Waals surface area contributed by atoms with Crippen LogP contribution in [0.4, 0.5) is 13.2 Å². The largest absolute Gasteiger partial charge is 0.573 e. The summed E-state index contributed by atoms with van der Waals surface area (Å²) in [6.45, 7) is 16.0. The standard InChI is InChI=1S/C50H64F3N3O4/c1-10-14-36(5)26-41(30-47(57-7)35(3)4)43(32-54)27-37(6)33-55-24-21-44(22-25-55)56(23-13-18-45(15-11-2)60-50(51,52)53)34-38-16-12-17-40(28-38)42-29-46(39-19-20-39)49(59-9)48(31-42)58-8/h2,12-13,15-18,26-32,36,39,44H,3,10,14,19-25,33-34,54H2,1,4-9H3/b18-13-,37-27+,41-26+,43-32+,45-15+,47-30+. The predicted molar refractivity (Wildman–Crippen MR) is 238 cm³/mol. The molecule has 0 radical (unpaired) electrons. The van der Waals surface area contributed by atoms with Gasteiger partial charge in [0.15, 0.2) is 11.5 Å². The van der Waals surface area contributed by atoms with Crippen LogP contribution in [0.5, 0.6) is 11.5 Å². The summed E-state index contributed by atoms with van der Waals surface area (Å²) in [7, 11) is 4.99. The molecule has 2 aromatic rings. The molecule has 0 bridgehead atoms. The number of methoxy groups -OCH3 is 3. The number of allylic oxidation sites excluding steroid dienone is 8. The first-order chi connectivity index (χ1) is 28.7. The lowest BCUT2D eigenvalue weighted by atomic mass is 9.95. The molecule has 1 saturated heterocycles. The number of piperidine rings is 1. The Kier molecular flexibility index (Phi) is 18.3. The van der Waals surface area contributed by atoms with Gasteiger partial charge in [0.25, 0.3) is 0 Å². The van der Waals surface area contributed by atoms with E-state index >= 15 is 0 Å². The summed E-state index contributed by atoms with van der Waals surface area (Å²) in [5.41, 5.74) is 14.5. The van der Waals surface area contributed by atoms with Crippen LogP contribution in [0.15, 0.2) is 119 Å². The monoisotopic (exact) mass is 827 g/mol. The van der Waals surface area contributed by atoms with Crippen molar-refractivity contribution in [1.82, 2.24) is 9.80 Å². The van der Waals surface area contributed by atoms with Crippen LogP contribution in [0.1, 0.15) is 83.3 Å². The molecule has 0 amide bonds. The normalized spacial score (nSPS) is 17.2. The fourth-order valence-corrected chi connectivity index (χ4v) is 7.82. The zero-order valence-electron chi connectivity index (χ0n) is 36.5. The first-order valence-corrected chi connectivity index (χ1v) is 20.8. The Labute approximate surface area is 356 Å². The summed E-state index contributed by atoms with van der Waals surface area (Å²) in [5, 5.41) is 0. The second-order valence-electron chi connectivity index (χ2n) is 15.9. The molecular formula is C50H64F3N3O4. The van der Waals surface area contributed by atoms with Gasteiger partial charge in [0.2, 0.25) is 0 Å². The third-order valence-corrected chi connectivity index (χ3v) is 10.8. The van der Waals surface area contributed by atoms with Crippen LogP contribution in [-0.2, 0) is 16.0 Å². The van der Waals surface area contributed by atoms with Crippen LogP contribution in [0.3, 0.4) is 0 Å². The molecule has 7 nitrogen and oxygen atoms in total. The topological polar surface area (TPSA) is 69.4 Å². The molecule has 1 saturated carbocycles. The third-order valence-electron chi connectivity index (χ3n) is 10.8. The van der Waals surface area contributed by atoms with E-state index in [1.807, 2.05) is 25.1 Å². The molecule has 60 heavy (non-hydrogen) atoms. The highest BCUT2D eigenvalue weighted by molar-refractivity contribution is 5.70. The number of ether oxygens (including phenoxy) is 4. The molecule has 4 rings (SSSR count).